The van der Waals surface area contributed by atoms with E-state index in [1.165, 1.54) is 25.7 Å². The maximum absolute atomic E-state index is 6.35. The highest BCUT2D eigenvalue weighted by molar-refractivity contribution is 5.07. The van der Waals surface area contributed by atoms with E-state index in [1.54, 1.807) is 0 Å². The molecule has 1 aromatic heterocycles. The van der Waals surface area contributed by atoms with Crippen LogP contribution in [0.25, 0.3) is 0 Å². The van der Waals surface area contributed by atoms with Crippen molar-refractivity contribution in [3.8, 4) is 0 Å². The first kappa shape index (κ1) is 13.5. The van der Waals surface area contributed by atoms with E-state index >= 15 is 0 Å². The number of rotatable bonds is 6. The third kappa shape index (κ3) is 2.74. The monoisotopic (exact) mass is 251 g/mol. The molecular formula is C14H25N3O. The first-order valence-corrected chi connectivity index (χ1v) is 7.32. The smallest absolute Gasteiger partial charge is 0.229 e. The van der Waals surface area contributed by atoms with E-state index in [4.69, 9.17) is 10.3 Å². The Balaban J connectivity index is 2.08. The van der Waals surface area contributed by atoms with Crippen molar-refractivity contribution in [1.29, 1.82) is 0 Å². The lowest BCUT2D eigenvalue weighted by Gasteiger charge is -2.18. The van der Waals surface area contributed by atoms with Crippen LogP contribution >= 0.6 is 0 Å². The number of unbranched alkanes of at least 4 members (excludes halogenated alkanes) is 1. The van der Waals surface area contributed by atoms with E-state index < -0.39 is 0 Å². The summed E-state index contributed by atoms with van der Waals surface area (Å²) in [4.78, 5) is 4.59. The van der Waals surface area contributed by atoms with Gasteiger partial charge in [0.15, 0.2) is 5.82 Å². The maximum Gasteiger partial charge on any atom is 0.229 e. The summed E-state index contributed by atoms with van der Waals surface area (Å²) in [6, 6.07) is 0. The summed E-state index contributed by atoms with van der Waals surface area (Å²) in [5.74, 6) is 1.92. The Morgan fingerprint density at radius 2 is 2.06 bits per heavy atom. The van der Waals surface area contributed by atoms with Gasteiger partial charge in [-0.25, -0.2) is 0 Å². The number of hydrogen-bond donors (Lipinski definition) is 1. The first-order chi connectivity index (χ1) is 8.69. The maximum atomic E-state index is 6.35. The highest BCUT2D eigenvalue weighted by Gasteiger charge is 2.36. The van der Waals surface area contributed by atoms with Gasteiger partial charge >= 0.3 is 0 Å². The molecule has 4 heteroatoms. The van der Waals surface area contributed by atoms with E-state index in [-0.39, 0.29) is 5.54 Å². The van der Waals surface area contributed by atoms with Gasteiger partial charge in [0, 0.05) is 5.92 Å². The number of aromatic nitrogens is 2. The number of nitrogens with zero attached hydrogens (tertiary/aromatic N) is 2. The predicted molar refractivity (Wildman–Crippen MR) is 71.2 cm³/mol. The fourth-order valence-electron chi connectivity index (χ4n) is 2.79. The van der Waals surface area contributed by atoms with Crippen LogP contribution in [0.1, 0.15) is 82.8 Å². The van der Waals surface area contributed by atoms with E-state index in [0.29, 0.717) is 5.92 Å². The van der Waals surface area contributed by atoms with Crippen LogP contribution in [0.3, 0.4) is 0 Å². The Hall–Kier alpha value is -0.900. The molecular weight excluding hydrogens is 226 g/mol. The predicted octanol–water partition coefficient (Wildman–Crippen LogP) is 3.48. The molecule has 1 aliphatic carbocycles. The van der Waals surface area contributed by atoms with Crippen molar-refractivity contribution in [2.45, 2.75) is 76.7 Å². The standard InChI is InChI=1S/C14H25N3O/c1-3-5-8-11(4-2)12-16-13(17-18-12)14(15)9-6-7-10-14/h11H,3-10,15H2,1-2H3. The van der Waals surface area contributed by atoms with Crippen molar-refractivity contribution in [3.05, 3.63) is 11.7 Å². The van der Waals surface area contributed by atoms with Crippen molar-refractivity contribution in [1.82, 2.24) is 10.1 Å². The summed E-state index contributed by atoms with van der Waals surface area (Å²) >= 11 is 0. The van der Waals surface area contributed by atoms with E-state index in [1.807, 2.05) is 0 Å². The van der Waals surface area contributed by atoms with Crippen LogP contribution < -0.4 is 5.73 Å². The topological polar surface area (TPSA) is 64.9 Å². The van der Waals surface area contributed by atoms with Crippen LogP contribution in [-0.2, 0) is 5.54 Å². The number of hydrogen-bond acceptors (Lipinski definition) is 4. The van der Waals surface area contributed by atoms with Gasteiger partial charge in [0.2, 0.25) is 5.89 Å². The zero-order valence-electron chi connectivity index (χ0n) is 11.6. The summed E-state index contributed by atoms with van der Waals surface area (Å²) in [5.41, 5.74) is 6.02. The van der Waals surface area contributed by atoms with Crippen molar-refractivity contribution < 1.29 is 4.52 Å². The molecule has 1 atom stereocenters. The Kier molecular flexibility index (Phi) is 4.38. The highest BCUT2D eigenvalue weighted by atomic mass is 16.5. The molecule has 1 aliphatic rings. The quantitative estimate of drug-likeness (QED) is 0.840. The molecule has 102 valence electrons. The van der Waals surface area contributed by atoms with Gasteiger partial charge in [-0.2, -0.15) is 4.98 Å². The molecule has 4 nitrogen and oxygen atoms in total. The second-order valence-electron chi connectivity index (χ2n) is 5.57. The van der Waals surface area contributed by atoms with Crippen LogP contribution in [0.5, 0.6) is 0 Å². The minimum atomic E-state index is -0.329. The summed E-state index contributed by atoms with van der Waals surface area (Å²) in [6.07, 6.45) is 8.92. The second kappa shape index (κ2) is 5.83. The second-order valence-corrected chi connectivity index (χ2v) is 5.57. The minimum Gasteiger partial charge on any atom is -0.339 e. The van der Waals surface area contributed by atoms with Gasteiger partial charge < -0.3 is 10.3 Å². The lowest BCUT2D eigenvalue weighted by Crippen LogP contribution is -2.34. The van der Waals surface area contributed by atoms with Crippen LogP contribution in [0.2, 0.25) is 0 Å². The molecule has 1 unspecified atom stereocenters. The fraction of sp³-hybridized carbons (Fsp3) is 0.857. The van der Waals surface area contributed by atoms with Crippen LogP contribution in [0.15, 0.2) is 4.52 Å². The summed E-state index contributed by atoms with van der Waals surface area (Å²) in [7, 11) is 0. The summed E-state index contributed by atoms with van der Waals surface area (Å²) in [6.45, 7) is 4.39. The molecule has 1 heterocycles. The van der Waals surface area contributed by atoms with Gasteiger partial charge in [-0.05, 0) is 25.7 Å². The van der Waals surface area contributed by atoms with Crippen molar-refractivity contribution in [2.24, 2.45) is 5.73 Å². The zero-order valence-corrected chi connectivity index (χ0v) is 11.6. The van der Waals surface area contributed by atoms with Crippen molar-refractivity contribution >= 4 is 0 Å². The third-order valence-corrected chi connectivity index (χ3v) is 4.13. The zero-order chi connectivity index (χ0) is 13.0. The molecule has 18 heavy (non-hydrogen) atoms. The lowest BCUT2D eigenvalue weighted by molar-refractivity contribution is 0.324. The largest absolute Gasteiger partial charge is 0.339 e. The van der Waals surface area contributed by atoms with Gasteiger partial charge in [-0.3, -0.25) is 0 Å². The fourth-order valence-corrected chi connectivity index (χ4v) is 2.79. The molecule has 0 bridgehead atoms. The van der Waals surface area contributed by atoms with Gasteiger partial charge in [-0.15, -0.1) is 0 Å². The molecule has 2 rings (SSSR count). The van der Waals surface area contributed by atoms with Crippen molar-refractivity contribution in [2.75, 3.05) is 0 Å². The molecule has 0 radical (unpaired) electrons. The van der Waals surface area contributed by atoms with Crippen LogP contribution in [0.4, 0.5) is 0 Å². The Bertz CT molecular complexity index is 369. The first-order valence-electron chi connectivity index (χ1n) is 7.32. The van der Waals surface area contributed by atoms with E-state index in [9.17, 15) is 0 Å². The third-order valence-electron chi connectivity index (χ3n) is 4.13. The Labute approximate surface area is 109 Å². The van der Waals surface area contributed by atoms with Crippen molar-refractivity contribution in [3.63, 3.8) is 0 Å². The average Bonchev–Trinajstić information content (AvgIpc) is 3.00. The molecule has 0 saturated heterocycles. The highest BCUT2D eigenvalue weighted by Crippen LogP contribution is 2.35. The summed E-state index contributed by atoms with van der Waals surface area (Å²) in [5, 5.41) is 4.14. The SMILES string of the molecule is CCCCC(CC)c1nc(C2(N)CCCC2)no1. The summed E-state index contributed by atoms with van der Waals surface area (Å²) < 4.78 is 5.45. The molecule has 0 aliphatic heterocycles. The average molecular weight is 251 g/mol. The van der Waals surface area contributed by atoms with Gasteiger partial charge in [0.05, 0.1) is 5.54 Å². The van der Waals surface area contributed by atoms with Crippen LogP contribution in [0, 0.1) is 0 Å². The molecule has 0 aromatic carbocycles. The molecule has 2 N–H and O–H groups in total. The lowest BCUT2D eigenvalue weighted by atomic mass is 9.97. The van der Waals surface area contributed by atoms with Gasteiger partial charge in [0.25, 0.3) is 0 Å². The normalized spacial score (nSPS) is 20.2. The molecule has 1 aromatic rings. The molecule has 0 spiro atoms. The Morgan fingerprint density at radius 1 is 1.33 bits per heavy atom. The minimum absolute atomic E-state index is 0.329. The van der Waals surface area contributed by atoms with E-state index in [0.717, 1.165) is 37.4 Å². The van der Waals surface area contributed by atoms with Crippen LogP contribution in [-0.4, -0.2) is 10.1 Å². The van der Waals surface area contributed by atoms with Gasteiger partial charge in [0.1, 0.15) is 0 Å². The van der Waals surface area contributed by atoms with Gasteiger partial charge in [-0.1, -0.05) is 44.7 Å². The Morgan fingerprint density at radius 3 is 2.67 bits per heavy atom. The molecule has 0 amide bonds. The number of nitrogens with two attached hydrogens (primary N) is 1. The molecule has 1 fully saturated rings. The van der Waals surface area contributed by atoms with E-state index in [2.05, 4.69) is 24.0 Å². The molecule has 1 saturated carbocycles.